The largest absolute Gasteiger partial charge is 0.378 e. The number of ether oxygens (including phenoxy) is 1. The normalized spacial score (nSPS) is 10.1. The Labute approximate surface area is 92.1 Å². The van der Waals surface area contributed by atoms with E-state index in [-0.39, 0.29) is 0 Å². The standard InChI is InChI=1S/C9H12N2OS2/c1-12-5-7-8(3-4-10)14-9(11-7)6-13-2/h3,5-6H2,1-2H3. The van der Waals surface area contributed by atoms with Crippen LogP contribution in [0.3, 0.4) is 0 Å². The molecule has 0 fully saturated rings. The summed E-state index contributed by atoms with van der Waals surface area (Å²) >= 11 is 3.35. The van der Waals surface area contributed by atoms with E-state index in [0.29, 0.717) is 13.0 Å². The average molecular weight is 228 g/mol. The maximum absolute atomic E-state index is 8.63. The lowest BCUT2D eigenvalue weighted by molar-refractivity contribution is 0.181. The second kappa shape index (κ2) is 6.02. The quantitative estimate of drug-likeness (QED) is 0.775. The van der Waals surface area contributed by atoms with Crippen LogP contribution >= 0.6 is 23.1 Å². The SMILES string of the molecule is COCc1nc(CSC)sc1CC#N. The van der Waals surface area contributed by atoms with Gasteiger partial charge >= 0.3 is 0 Å². The van der Waals surface area contributed by atoms with Gasteiger partial charge in [-0.1, -0.05) is 0 Å². The first kappa shape index (κ1) is 11.5. The van der Waals surface area contributed by atoms with Gasteiger partial charge in [0.15, 0.2) is 0 Å². The van der Waals surface area contributed by atoms with Crippen LogP contribution in [0.1, 0.15) is 15.6 Å². The van der Waals surface area contributed by atoms with E-state index in [4.69, 9.17) is 10.00 Å². The summed E-state index contributed by atoms with van der Waals surface area (Å²) in [5.74, 6) is 0.910. The molecule has 0 N–H and O–H groups in total. The van der Waals surface area contributed by atoms with Crippen molar-refractivity contribution in [2.75, 3.05) is 13.4 Å². The maximum Gasteiger partial charge on any atom is 0.103 e. The van der Waals surface area contributed by atoms with Gasteiger partial charge in [-0.3, -0.25) is 0 Å². The molecule has 0 atom stereocenters. The molecule has 0 saturated heterocycles. The first-order valence-electron chi connectivity index (χ1n) is 4.14. The average Bonchev–Trinajstić information content (AvgIpc) is 2.50. The van der Waals surface area contributed by atoms with Gasteiger partial charge in [-0.15, -0.1) is 11.3 Å². The van der Waals surface area contributed by atoms with Crippen molar-refractivity contribution in [1.82, 2.24) is 4.98 Å². The van der Waals surface area contributed by atoms with E-state index in [1.165, 1.54) is 0 Å². The number of hydrogen-bond acceptors (Lipinski definition) is 5. The van der Waals surface area contributed by atoms with Crippen LogP contribution in [0.2, 0.25) is 0 Å². The van der Waals surface area contributed by atoms with Crippen molar-refractivity contribution in [3.63, 3.8) is 0 Å². The Morgan fingerprint density at radius 2 is 2.43 bits per heavy atom. The summed E-state index contributed by atoms with van der Waals surface area (Å²) in [5.41, 5.74) is 0.920. The van der Waals surface area contributed by atoms with Crippen LogP contribution in [0.5, 0.6) is 0 Å². The Kier molecular flexibility index (Phi) is 4.94. The van der Waals surface area contributed by atoms with Crippen molar-refractivity contribution in [3.8, 4) is 6.07 Å². The third-order valence-corrected chi connectivity index (χ3v) is 3.45. The molecule has 1 rings (SSSR count). The zero-order valence-corrected chi connectivity index (χ0v) is 9.87. The fourth-order valence-electron chi connectivity index (χ4n) is 1.08. The predicted molar refractivity (Wildman–Crippen MR) is 59.4 cm³/mol. The minimum Gasteiger partial charge on any atom is -0.378 e. The number of aromatic nitrogens is 1. The molecule has 0 amide bonds. The fraction of sp³-hybridized carbons (Fsp3) is 0.556. The molecule has 0 spiro atoms. The Bertz CT molecular complexity index is 330. The number of nitriles is 1. The molecule has 0 radical (unpaired) electrons. The summed E-state index contributed by atoms with van der Waals surface area (Å²) in [7, 11) is 1.64. The van der Waals surface area contributed by atoms with Crippen molar-refractivity contribution in [2.24, 2.45) is 0 Å². The summed E-state index contributed by atoms with van der Waals surface area (Å²) in [5, 5.41) is 9.71. The van der Waals surface area contributed by atoms with Gasteiger partial charge in [0.25, 0.3) is 0 Å². The summed E-state index contributed by atoms with van der Waals surface area (Å²) in [6.45, 7) is 0.502. The Morgan fingerprint density at radius 3 is 3.00 bits per heavy atom. The topological polar surface area (TPSA) is 45.9 Å². The molecular weight excluding hydrogens is 216 g/mol. The molecule has 0 unspecified atom stereocenters. The molecule has 0 saturated carbocycles. The van der Waals surface area contributed by atoms with Crippen LogP contribution in [0.4, 0.5) is 0 Å². The highest BCUT2D eigenvalue weighted by Crippen LogP contribution is 2.22. The summed E-state index contributed by atoms with van der Waals surface area (Å²) in [6, 6.07) is 2.15. The van der Waals surface area contributed by atoms with Crippen molar-refractivity contribution in [1.29, 1.82) is 5.26 Å². The molecule has 3 nitrogen and oxygen atoms in total. The van der Waals surface area contributed by atoms with Crippen LogP contribution in [0.25, 0.3) is 0 Å². The van der Waals surface area contributed by atoms with Gasteiger partial charge in [-0.05, 0) is 6.26 Å². The highest BCUT2D eigenvalue weighted by Gasteiger charge is 2.09. The molecule has 0 aliphatic heterocycles. The van der Waals surface area contributed by atoms with Crippen LogP contribution in [-0.4, -0.2) is 18.3 Å². The molecule has 1 aromatic rings. The van der Waals surface area contributed by atoms with E-state index >= 15 is 0 Å². The monoisotopic (exact) mass is 228 g/mol. The highest BCUT2D eigenvalue weighted by atomic mass is 32.2. The number of nitrogens with zero attached hydrogens (tertiary/aromatic N) is 2. The van der Waals surface area contributed by atoms with E-state index in [1.54, 1.807) is 30.2 Å². The summed E-state index contributed by atoms with van der Waals surface area (Å²) < 4.78 is 5.03. The first-order valence-corrected chi connectivity index (χ1v) is 6.35. The molecular formula is C9H12N2OS2. The molecule has 0 aromatic carbocycles. The van der Waals surface area contributed by atoms with Gasteiger partial charge in [-0.2, -0.15) is 17.0 Å². The molecule has 1 heterocycles. The Balaban J connectivity index is 2.82. The number of thioether (sulfide) groups is 1. The van der Waals surface area contributed by atoms with Crippen molar-refractivity contribution in [3.05, 3.63) is 15.6 Å². The van der Waals surface area contributed by atoms with Gasteiger partial charge in [0.2, 0.25) is 0 Å². The zero-order chi connectivity index (χ0) is 10.4. The smallest absolute Gasteiger partial charge is 0.103 e. The van der Waals surface area contributed by atoms with Crippen LogP contribution < -0.4 is 0 Å². The number of methoxy groups -OCH3 is 1. The Morgan fingerprint density at radius 1 is 1.64 bits per heavy atom. The van der Waals surface area contributed by atoms with Gasteiger partial charge in [0, 0.05) is 17.7 Å². The first-order chi connectivity index (χ1) is 6.81. The van der Waals surface area contributed by atoms with Gasteiger partial charge in [0.05, 0.1) is 24.8 Å². The minimum atomic E-state index is 0.435. The second-order valence-corrected chi connectivity index (χ2v) is 4.71. The molecule has 0 aliphatic rings. The second-order valence-electron chi connectivity index (χ2n) is 2.68. The summed E-state index contributed by atoms with van der Waals surface area (Å²) in [4.78, 5) is 5.47. The van der Waals surface area contributed by atoms with E-state index in [2.05, 4.69) is 11.1 Å². The number of thiazole rings is 1. The van der Waals surface area contributed by atoms with Crippen molar-refractivity contribution in [2.45, 2.75) is 18.8 Å². The van der Waals surface area contributed by atoms with E-state index in [0.717, 1.165) is 21.3 Å². The predicted octanol–water partition coefficient (Wildman–Crippen LogP) is 2.22. The molecule has 5 heteroatoms. The van der Waals surface area contributed by atoms with Crippen LogP contribution in [0.15, 0.2) is 0 Å². The lowest BCUT2D eigenvalue weighted by Gasteiger charge is -1.95. The van der Waals surface area contributed by atoms with Crippen molar-refractivity contribution >= 4 is 23.1 Å². The van der Waals surface area contributed by atoms with E-state index in [1.807, 2.05) is 6.26 Å². The number of rotatable bonds is 5. The lowest BCUT2D eigenvalue weighted by atomic mass is 10.3. The third kappa shape index (κ3) is 2.98. The zero-order valence-electron chi connectivity index (χ0n) is 8.24. The lowest BCUT2D eigenvalue weighted by Crippen LogP contribution is -1.92. The highest BCUT2D eigenvalue weighted by molar-refractivity contribution is 7.97. The van der Waals surface area contributed by atoms with Crippen LogP contribution in [0, 0.1) is 11.3 Å². The third-order valence-electron chi connectivity index (χ3n) is 1.61. The van der Waals surface area contributed by atoms with Gasteiger partial charge in [0.1, 0.15) is 5.01 Å². The Hall–Kier alpha value is -0.570. The number of hydrogen-bond donors (Lipinski definition) is 0. The van der Waals surface area contributed by atoms with Gasteiger partial charge < -0.3 is 4.74 Å². The molecule has 14 heavy (non-hydrogen) atoms. The van der Waals surface area contributed by atoms with Crippen molar-refractivity contribution < 1.29 is 4.74 Å². The fourth-order valence-corrected chi connectivity index (χ4v) is 2.78. The molecule has 0 aliphatic carbocycles. The summed E-state index contributed by atoms with van der Waals surface area (Å²) in [6.07, 6.45) is 2.48. The van der Waals surface area contributed by atoms with E-state index in [9.17, 15) is 0 Å². The minimum absolute atomic E-state index is 0.435. The molecule has 76 valence electrons. The van der Waals surface area contributed by atoms with E-state index < -0.39 is 0 Å². The van der Waals surface area contributed by atoms with Crippen LogP contribution in [-0.2, 0) is 23.5 Å². The molecule has 0 bridgehead atoms. The maximum atomic E-state index is 8.63. The van der Waals surface area contributed by atoms with Gasteiger partial charge in [-0.25, -0.2) is 4.98 Å². The molecule has 1 aromatic heterocycles.